The van der Waals surface area contributed by atoms with E-state index in [1.54, 1.807) is 0 Å². The largest absolute Gasteiger partial charge is 0.481 e. The number of carbonyl (C=O) groups is 1. The highest BCUT2D eigenvalue weighted by Crippen LogP contribution is 2.14. The summed E-state index contributed by atoms with van der Waals surface area (Å²) in [5, 5.41) is 8.40. The first kappa shape index (κ1) is 11.5. The normalized spacial score (nSPS) is 23.6. The molecule has 0 aliphatic carbocycles. The molecule has 82 valence electrons. The fourth-order valence-electron chi connectivity index (χ4n) is 1.82. The summed E-state index contributed by atoms with van der Waals surface area (Å²) in [6.07, 6.45) is 2.55. The Morgan fingerprint density at radius 2 is 2.43 bits per heavy atom. The Kier molecular flexibility index (Phi) is 4.90. The maximum Gasteiger partial charge on any atom is 0.305 e. The number of aliphatic carboxylic acids is 1. The lowest BCUT2D eigenvalue weighted by molar-refractivity contribution is -0.138. The molecular formula is C10H19NO3. The van der Waals surface area contributed by atoms with Crippen LogP contribution in [0.15, 0.2) is 0 Å². The van der Waals surface area contributed by atoms with Gasteiger partial charge in [-0.1, -0.05) is 0 Å². The van der Waals surface area contributed by atoms with E-state index in [1.807, 2.05) is 0 Å². The summed E-state index contributed by atoms with van der Waals surface area (Å²) in [6.45, 7) is 3.30. The monoisotopic (exact) mass is 201 g/mol. The molecule has 1 rings (SSSR count). The van der Waals surface area contributed by atoms with Gasteiger partial charge in [-0.25, -0.2) is 0 Å². The summed E-state index contributed by atoms with van der Waals surface area (Å²) < 4.78 is 5.32. The second-order valence-electron chi connectivity index (χ2n) is 3.99. The second kappa shape index (κ2) is 5.98. The molecule has 14 heavy (non-hydrogen) atoms. The van der Waals surface area contributed by atoms with Gasteiger partial charge in [0.1, 0.15) is 0 Å². The van der Waals surface area contributed by atoms with E-state index in [0.29, 0.717) is 19.1 Å². The third-order valence-electron chi connectivity index (χ3n) is 2.54. The van der Waals surface area contributed by atoms with Crippen molar-refractivity contribution in [2.24, 2.45) is 5.92 Å². The van der Waals surface area contributed by atoms with Crippen molar-refractivity contribution in [3.8, 4) is 0 Å². The summed E-state index contributed by atoms with van der Waals surface area (Å²) >= 11 is 0. The van der Waals surface area contributed by atoms with Crippen molar-refractivity contribution in [3.63, 3.8) is 0 Å². The van der Waals surface area contributed by atoms with Crippen LogP contribution in [0.4, 0.5) is 0 Å². The fraction of sp³-hybridized carbons (Fsp3) is 0.900. The average Bonchev–Trinajstić information content (AvgIpc) is 2.12. The number of piperidine rings is 1. The summed E-state index contributed by atoms with van der Waals surface area (Å²) in [5.41, 5.74) is 0. The summed E-state index contributed by atoms with van der Waals surface area (Å²) in [7, 11) is 2.11. The standard InChI is InChI=1S/C10H19NO3/c1-11-5-2-3-9(7-11)8-14-6-4-10(12)13/h9H,2-8H2,1H3,(H,12,13)/t9-/m1/s1. The van der Waals surface area contributed by atoms with E-state index >= 15 is 0 Å². The number of ether oxygens (including phenoxy) is 1. The molecule has 0 amide bonds. The molecule has 4 nitrogen and oxygen atoms in total. The van der Waals surface area contributed by atoms with Crippen LogP contribution in [0, 0.1) is 5.92 Å². The van der Waals surface area contributed by atoms with Crippen molar-refractivity contribution in [2.45, 2.75) is 19.3 Å². The van der Waals surface area contributed by atoms with Crippen molar-refractivity contribution < 1.29 is 14.6 Å². The van der Waals surface area contributed by atoms with E-state index in [4.69, 9.17) is 9.84 Å². The number of hydrogen-bond acceptors (Lipinski definition) is 3. The van der Waals surface area contributed by atoms with Crippen LogP contribution in [0.25, 0.3) is 0 Å². The summed E-state index contributed by atoms with van der Waals surface area (Å²) in [4.78, 5) is 12.5. The van der Waals surface area contributed by atoms with Gasteiger partial charge in [-0.2, -0.15) is 0 Å². The average molecular weight is 201 g/mol. The van der Waals surface area contributed by atoms with Gasteiger partial charge in [0.25, 0.3) is 0 Å². The zero-order chi connectivity index (χ0) is 10.4. The van der Waals surface area contributed by atoms with Crippen LogP contribution in [0.1, 0.15) is 19.3 Å². The lowest BCUT2D eigenvalue weighted by Gasteiger charge is -2.29. The first-order valence-corrected chi connectivity index (χ1v) is 5.16. The molecule has 0 radical (unpaired) electrons. The molecule has 1 fully saturated rings. The van der Waals surface area contributed by atoms with Gasteiger partial charge in [0.15, 0.2) is 0 Å². The van der Waals surface area contributed by atoms with Gasteiger partial charge in [0.2, 0.25) is 0 Å². The Morgan fingerprint density at radius 1 is 1.64 bits per heavy atom. The summed E-state index contributed by atoms with van der Waals surface area (Å²) in [6, 6.07) is 0. The first-order valence-electron chi connectivity index (χ1n) is 5.16. The molecular weight excluding hydrogens is 182 g/mol. The zero-order valence-corrected chi connectivity index (χ0v) is 8.74. The Hall–Kier alpha value is -0.610. The molecule has 0 aromatic heterocycles. The molecule has 0 saturated carbocycles. The van der Waals surface area contributed by atoms with Gasteiger partial charge < -0.3 is 14.7 Å². The van der Waals surface area contributed by atoms with Crippen LogP contribution < -0.4 is 0 Å². The van der Waals surface area contributed by atoms with Crippen molar-refractivity contribution in [1.82, 2.24) is 4.90 Å². The van der Waals surface area contributed by atoms with Crippen molar-refractivity contribution in [2.75, 3.05) is 33.4 Å². The highest BCUT2D eigenvalue weighted by Gasteiger charge is 2.16. The van der Waals surface area contributed by atoms with Gasteiger partial charge in [0.05, 0.1) is 19.6 Å². The molecule has 1 aliphatic heterocycles. The minimum absolute atomic E-state index is 0.114. The van der Waals surface area contributed by atoms with Crippen molar-refractivity contribution in [1.29, 1.82) is 0 Å². The number of nitrogens with zero attached hydrogens (tertiary/aromatic N) is 1. The van der Waals surface area contributed by atoms with Crippen molar-refractivity contribution in [3.05, 3.63) is 0 Å². The molecule has 0 aromatic rings. The van der Waals surface area contributed by atoms with Crippen LogP contribution in [0.2, 0.25) is 0 Å². The predicted octanol–water partition coefficient (Wildman–Crippen LogP) is 0.820. The smallest absolute Gasteiger partial charge is 0.305 e. The molecule has 0 spiro atoms. The molecule has 1 saturated heterocycles. The van der Waals surface area contributed by atoms with E-state index in [9.17, 15) is 4.79 Å². The minimum atomic E-state index is -0.786. The van der Waals surface area contributed by atoms with Gasteiger partial charge >= 0.3 is 5.97 Å². The Morgan fingerprint density at radius 3 is 3.07 bits per heavy atom. The molecule has 1 N–H and O–H groups in total. The molecule has 1 heterocycles. The number of likely N-dealkylation sites (tertiary alicyclic amines) is 1. The van der Waals surface area contributed by atoms with Gasteiger partial charge in [0, 0.05) is 6.54 Å². The van der Waals surface area contributed by atoms with Crippen LogP contribution in [0.5, 0.6) is 0 Å². The molecule has 4 heteroatoms. The van der Waals surface area contributed by atoms with E-state index in [1.165, 1.54) is 19.4 Å². The maximum absolute atomic E-state index is 10.2. The molecule has 1 atom stereocenters. The number of hydrogen-bond donors (Lipinski definition) is 1. The third-order valence-corrected chi connectivity index (χ3v) is 2.54. The van der Waals surface area contributed by atoms with Crippen LogP contribution in [-0.2, 0) is 9.53 Å². The lowest BCUT2D eigenvalue weighted by atomic mass is 10.00. The second-order valence-corrected chi connectivity index (χ2v) is 3.99. The SMILES string of the molecule is CN1CCC[C@@H](COCCC(=O)O)C1. The third kappa shape index (κ3) is 4.58. The number of rotatable bonds is 5. The Balaban J connectivity index is 2.03. The Bertz CT molecular complexity index is 184. The molecule has 0 bridgehead atoms. The van der Waals surface area contributed by atoms with Crippen LogP contribution in [-0.4, -0.2) is 49.3 Å². The van der Waals surface area contributed by atoms with E-state index < -0.39 is 5.97 Å². The minimum Gasteiger partial charge on any atom is -0.481 e. The lowest BCUT2D eigenvalue weighted by Crippen LogP contribution is -2.34. The zero-order valence-electron chi connectivity index (χ0n) is 8.74. The summed E-state index contributed by atoms with van der Waals surface area (Å²) in [5.74, 6) is -0.201. The Labute approximate surface area is 84.8 Å². The van der Waals surface area contributed by atoms with E-state index in [-0.39, 0.29) is 6.42 Å². The molecule has 0 unspecified atom stereocenters. The van der Waals surface area contributed by atoms with Crippen LogP contribution >= 0.6 is 0 Å². The predicted molar refractivity (Wildman–Crippen MR) is 53.3 cm³/mol. The number of carboxylic acids is 1. The molecule has 1 aliphatic rings. The first-order chi connectivity index (χ1) is 6.68. The fourth-order valence-corrected chi connectivity index (χ4v) is 1.82. The van der Waals surface area contributed by atoms with E-state index in [2.05, 4.69) is 11.9 Å². The molecule has 0 aromatic carbocycles. The van der Waals surface area contributed by atoms with Crippen LogP contribution in [0.3, 0.4) is 0 Å². The highest BCUT2D eigenvalue weighted by molar-refractivity contribution is 5.66. The van der Waals surface area contributed by atoms with E-state index in [0.717, 1.165) is 6.54 Å². The van der Waals surface area contributed by atoms with Gasteiger partial charge in [-0.15, -0.1) is 0 Å². The van der Waals surface area contributed by atoms with Gasteiger partial charge in [-0.05, 0) is 32.4 Å². The quantitative estimate of drug-likeness (QED) is 0.669. The highest BCUT2D eigenvalue weighted by atomic mass is 16.5. The number of carboxylic acid groups (broad SMARTS) is 1. The van der Waals surface area contributed by atoms with Gasteiger partial charge in [-0.3, -0.25) is 4.79 Å². The maximum atomic E-state index is 10.2. The topological polar surface area (TPSA) is 49.8 Å². The van der Waals surface area contributed by atoms with Crippen molar-refractivity contribution >= 4 is 5.97 Å².